The van der Waals surface area contributed by atoms with Crippen molar-refractivity contribution in [2.45, 2.75) is 31.8 Å². The number of rotatable bonds is 3. The fourth-order valence-corrected chi connectivity index (χ4v) is 2.95. The molecule has 4 rings (SSSR count). The van der Waals surface area contributed by atoms with Crippen LogP contribution in [-0.2, 0) is 11.3 Å². The summed E-state index contributed by atoms with van der Waals surface area (Å²) >= 11 is 0. The molecule has 114 valence electrons. The van der Waals surface area contributed by atoms with Crippen molar-refractivity contribution in [1.82, 2.24) is 20.0 Å². The highest BCUT2D eigenvalue weighted by atomic mass is 16.2. The molecule has 1 aromatic carbocycles. The highest BCUT2D eigenvalue weighted by Crippen LogP contribution is 2.32. The molecule has 1 aliphatic heterocycles. The van der Waals surface area contributed by atoms with Gasteiger partial charge in [0.05, 0.1) is 24.2 Å². The van der Waals surface area contributed by atoms with E-state index in [9.17, 15) is 4.79 Å². The quantitative estimate of drug-likeness (QED) is 0.908. The van der Waals surface area contributed by atoms with Gasteiger partial charge in [0.25, 0.3) is 0 Å². The van der Waals surface area contributed by atoms with E-state index in [2.05, 4.69) is 27.2 Å². The summed E-state index contributed by atoms with van der Waals surface area (Å²) in [5.41, 5.74) is 2.15. The summed E-state index contributed by atoms with van der Waals surface area (Å²) < 4.78 is 2.07. The first-order chi connectivity index (χ1) is 10.6. The molecule has 1 amide bonds. The summed E-state index contributed by atoms with van der Waals surface area (Å²) in [6.07, 6.45) is 4.87. The van der Waals surface area contributed by atoms with Crippen LogP contribution < -0.4 is 5.32 Å². The average molecular weight is 297 g/mol. The Morgan fingerprint density at radius 3 is 2.95 bits per heavy atom. The molecule has 2 fully saturated rings. The molecule has 2 aromatic rings. The minimum Gasteiger partial charge on any atom is -0.349 e. The van der Waals surface area contributed by atoms with E-state index >= 15 is 0 Å². The lowest BCUT2D eigenvalue weighted by Gasteiger charge is -2.31. The van der Waals surface area contributed by atoms with Crippen LogP contribution in [0.15, 0.2) is 24.4 Å². The van der Waals surface area contributed by atoms with E-state index in [0.717, 1.165) is 28.9 Å². The normalized spacial score (nSPS) is 22.2. The third-order valence-corrected chi connectivity index (χ3v) is 4.60. The second-order valence-electron chi connectivity index (χ2n) is 6.29. The highest BCUT2D eigenvalue weighted by Gasteiger charge is 2.28. The SMILES string of the molecule is CN1C(=N)N[C@H](c2ccc3cnn(CC4CC4)c3c2)CC1=O. The van der Waals surface area contributed by atoms with E-state index in [1.165, 1.54) is 17.7 Å². The topological polar surface area (TPSA) is 74.0 Å². The zero-order valence-corrected chi connectivity index (χ0v) is 12.5. The molecule has 0 bridgehead atoms. The minimum absolute atomic E-state index is 0.0275. The van der Waals surface area contributed by atoms with Gasteiger partial charge in [0.1, 0.15) is 0 Å². The molecular formula is C16H19N5O. The van der Waals surface area contributed by atoms with Gasteiger partial charge in [-0.1, -0.05) is 12.1 Å². The number of carbonyl (C=O) groups is 1. The second kappa shape index (κ2) is 4.83. The summed E-state index contributed by atoms with van der Waals surface area (Å²) in [5.74, 6) is 0.899. The van der Waals surface area contributed by atoms with Crippen LogP contribution in [0.1, 0.15) is 30.9 Å². The van der Waals surface area contributed by atoms with Crippen LogP contribution in [0.5, 0.6) is 0 Å². The van der Waals surface area contributed by atoms with E-state index in [4.69, 9.17) is 5.41 Å². The summed E-state index contributed by atoms with van der Waals surface area (Å²) in [6, 6.07) is 6.04. The lowest BCUT2D eigenvalue weighted by molar-refractivity contribution is -0.128. The van der Waals surface area contributed by atoms with Gasteiger partial charge in [-0.25, -0.2) is 0 Å². The predicted molar refractivity (Wildman–Crippen MR) is 83.4 cm³/mol. The Hall–Kier alpha value is -2.37. The Morgan fingerprint density at radius 2 is 2.23 bits per heavy atom. The first-order valence-corrected chi connectivity index (χ1v) is 7.69. The van der Waals surface area contributed by atoms with Gasteiger partial charge in [0.15, 0.2) is 5.96 Å². The molecule has 1 aliphatic carbocycles. The number of hydrogen-bond acceptors (Lipinski definition) is 3. The maximum Gasteiger partial charge on any atom is 0.231 e. The average Bonchev–Trinajstić information content (AvgIpc) is 3.24. The van der Waals surface area contributed by atoms with Gasteiger partial charge in [-0.3, -0.25) is 19.8 Å². The van der Waals surface area contributed by atoms with E-state index < -0.39 is 0 Å². The number of benzene rings is 1. The summed E-state index contributed by atoms with van der Waals surface area (Å²) in [4.78, 5) is 13.3. The van der Waals surface area contributed by atoms with Crippen LogP contribution in [-0.4, -0.2) is 33.6 Å². The molecule has 2 heterocycles. The van der Waals surface area contributed by atoms with Crippen molar-refractivity contribution < 1.29 is 4.79 Å². The maximum absolute atomic E-state index is 12.0. The Labute approximate surface area is 128 Å². The van der Waals surface area contributed by atoms with Gasteiger partial charge >= 0.3 is 0 Å². The van der Waals surface area contributed by atoms with Gasteiger partial charge in [-0.2, -0.15) is 5.10 Å². The molecule has 22 heavy (non-hydrogen) atoms. The molecule has 0 spiro atoms. The molecule has 1 atom stereocenters. The standard InChI is InChI=1S/C16H19N5O/c1-20-15(22)7-13(19-16(20)17)11-4-5-12-8-18-21(14(12)6-11)9-10-2-3-10/h4-6,8,10,13H,2-3,7,9H2,1H3,(H2,17,19)/t13-/m0/s1. The molecule has 2 N–H and O–H groups in total. The molecule has 0 unspecified atom stereocenters. The van der Waals surface area contributed by atoms with Crippen molar-refractivity contribution >= 4 is 22.8 Å². The minimum atomic E-state index is -0.134. The fraction of sp³-hybridized carbons (Fsp3) is 0.438. The van der Waals surface area contributed by atoms with Gasteiger partial charge in [0, 0.05) is 19.0 Å². The Morgan fingerprint density at radius 1 is 1.41 bits per heavy atom. The highest BCUT2D eigenvalue weighted by molar-refractivity contribution is 5.98. The number of aromatic nitrogens is 2. The van der Waals surface area contributed by atoms with Gasteiger partial charge in [0.2, 0.25) is 5.91 Å². The van der Waals surface area contributed by atoms with Crippen LogP contribution in [0.4, 0.5) is 0 Å². The van der Waals surface area contributed by atoms with Crippen molar-refractivity contribution in [3.05, 3.63) is 30.0 Å². The van der Waals surface area contributed by atoms with Crippen molar-refractivity contribution in [3.8, 4) is 0 Å². The number of guanidine groups is 1. The third kappa shape index (κ3) is 2.24. The number of nitrogens with zero attached hydrogens (tertiary/aromatic N) is 3. The monoisotopic (exact) mass is 297 g/mol. The molecule has 1 saturated heterocycles. The Bertz CT molecular complexity index is 743. The second-order valence-corrected chi connectivity index (χ2v) is 6.29. The van der Waals surface area contributed by atoms with Crippen LogP contribution in [0.25, 0.3) is 10.9 Å². The lowest BCUT2D eigenvalue weighted by Crippen LogP contribution is -2.49. The summed E-state index contributed by atoms with van der Waals surface area (Å²) in [7, 11) is 1.63. The van der Waals surface area contributed by atoms with Crippen LogP contribution in [0.2, 0.25) is 0 Å². The molecule has 1 aromatic heterocycles. The van der Waals surface area contributed by atoms with E-state index in [0.29, 0.717) is 6.42 Å². The zero-order valence-electron chi connectivity index (χ0n) is 12.5. The Kier molecular flexibility index (Phi) is 2.92. The third-order valence-electron chi connectivity index (χ3n) is 4.60. The van der Waals surface area contributed by atoms with Crippen molar-refractivity contribution in [2.75, 3.05) is 7.05 Å². The molecule has 1 saturated carbocycles. The van der Waals surface area contributed by atoms with E-state index in [-0.39, 0.29) is 17.9 Å². The molecule has 2 aliphatic rings. The van der Waals surface area contributed by atoms with Crippen LogP contribution >= 0.6 is 0 Å². The summed E-state index contributed by atoms with van der Waals surface area (Å²) in [6.45, 7) is 0.975. The first kappa shape index (κ1) is 13.3. The Balaban J connectivity index is 1.66. The van der Waals surface area contributed by atoms with Gasteiger partial charge in [-0.15, -0.1) is 0 Å². The smallest absolute Gasteiger partial charge is 0.231 e. The number of nitrogens with one attached hydrogen (secondary N) is 2. The van der Waals surface area contributed by atoms with Gasteiger partial charge < -0.3 is 5.32 Å². The van der Waals surface area contributed by atoms with E-state index in [1.807, 2.05) is 12.3 Å². The van der Waals surface area contributed by atoms with Gasteiger partial charge in [-0.05, 0) is 30.4 Å². The van der Waals surface area contributed by atoms with Crippen molar-refractivity contribution in [2.24, 2.45) is 5.92 Å². The predicted octanol–water partition coefficient (Wildman–Crippen LogP) is 1.87. The molecular weight excluding hydrogens is 278 g/mol. The lowest BCUT2D eigenvalue weighted by atomic mass is 10.0. The first-order valence-electron chi connectivity index (χ1n) is 7.69. The maximum atomic E-state index is 12.0. The van der Waals surface area contributed by atoms with Crippen molar-refractivity contribution in [3.63, 3.8) is 0 Å². The number of hydrogen-bond donors (Lipinski definition) is 2. The van der Waals surface area contributed by atoms with Crippen molar-refractivity contribution in [1.29, 1.82) is 5.41 Å². The fourth-order valence-electron chi connectivity index (χ4n) is 2.95. The molecule has 6 heteroatoms. The molecule has 0 radical (unpaired) electrons. The summed E-state index contributed by atoms with van der Waals surface area (Å²) in [5, 5.41) is 16.6. The molecule has 6 nitrogen and oxygen atoms in total. The largest absolute Gasteiger partial charge is 0.349 e. The van der Waals surface area contributed by atoms with Crippen LogP contribution in [0.3, 0.4) is 0 Å². The van der Waals surface area contributed by atoms with E-state index in [1.54, 1.807) is 7.05 Å². The zero-order chi connectivity index (χ0) is 15.3. The van der Waals surface area contributed by atoms with Crippen LogP contribution in [0, 0.1) is 11.3 Å². The number of carbonyl (C=O) groups excluding carboxylic acids is 1. The number of fused-ring (bicyclic) bond motifs is 1. The number of amides is 1.